The molecule has 0 spiro atoms. The van der Waals surface area contributed by atoms with Gasteiger partial charge in [0, 0.05) is 6.07 Å². The monoisotopic (exact) mass is 283 g/mol. The summed E-state index contributed by atoms with van der Waals surface area (Å²) in [6, 6.07) is 0.183. The van der Waals surface area contributed by atoms with Crippen LogP contribution in [0.4, 0.5) is 0 Å². The molecule has 1 heterocycles. The first-order chi connectivity index (χ1) is 9.40. The molecule has 1 atom stereocenters. The molecule has 0 radical (unpaired) electrons. The van der Waals surface area contributed by atoms with Crippen LogP contribution in [0.5, 0.6) is 5.75 Å². The van der Waals surface area contributed by atoms with Crippen LogP contribution in [0.15, 0.2) is 21.5 Å². The van der Waals surface area contributed by atoms with E-state index in [0.717, 1.165) is 12.3 Å². The van der Waals surface area contributed by atoms with Crippen molar-refractivity contribution < 1.29 is 23.5 Å². The van der Waals surface area contributed by atoms with E-state index < -0.39 is 23.3 Å². The molecule has 0 aliphatic carbocycles. The van der Waals surface area contributed by atoms with Gasteiger partial charge in [0.05, 0.1) is 14.2 Å². The van der Waals surface area contributed by atoms with E-state index in [9.17, 15) is 14.4 Å². The summed E-state index contributed by atoms with van der Waals surface area (Å²) in [5.41, 5.74) is -0.483. The Morgan fingerprint density at radius 2 is 1.95 bits per heavy atom. The van der Waals surface area contributed by atoms with Gasteiger partial charge in [0.15, 0.2) is 5.76 Å². The zero-order valence-electron chi connectivity index (χ0n) is 11.8. The van der Waals surface area contributed by atoms with Gasteiger partial charge in [0.25, 0.3) is 5.91 Å². The predicted octanol–water partition coefficient (Wildman–Crippen LogP) is 0.576. The molecular weight excluding hydrogens is 266 g/mol. The first-order valence-corrected chi connectivity index (χ1v) is 5.96. The summed E-state index contributed by atoms with van der Waals surface area (Å²) < 4.78 is 14.3. The summed E-state index contributed by atoms with van der Waals surface area (Å²) in [6.45, 7) is 3.51. The quantitative estimate of drug-likeness (QED) is 0.794. The highest BCUT2D eigenvalue weighted by Crippen LogP contribution is 2.08. The molecule has 1 aromatic rings. The largest absolute Gasteiger partial charge is 0.490 e. The Labute approximate surface area is 115 Å². The number of ether oxygens (including phenoxy) is 2. The number of rotatable bonds is 5. The molecule has 1 amide bonds. The standard InChI is InChI=1S/C13H17NO6/c1-7(2)11(13(17)19-4)14-12(16)9-5-8(15)10(18-3)6-20-9/h5-7,11H,1-4H3,(H,14,16). The van der Waals surface area contributed by atoms with Crippen LogP contribution in [0.1, 0.15) is 24.4 Å². The molecule has 7 nitrogen and oxygen atoms in total. The fourth-order valence-corrected chi connectivity index (χ4v) is 1.50. The molecule has 0 saturated carbocycles. The Hall–Kier alpha value is -2.31. The number of carbonyl (C=O) groups is 2. The van der Waals surface area contributed by atoms with Gasteiger partial charge in [-0.1, -0.05) is 13.8 Å². The third-order valence-corrected chi connectivity index (χ3v) is 2.65. The number of carbonyl (C=O) groups excluding carboxylic acids is 2. The highest BCUT2D eigenvalue weighted by Gasteiger charge is 2.26. The van der Waals surface area contributed by atoms with E-state index in [2.05, 4.69) is 10.1 Å². The maximum atomic E-state index is 11.9. The lowest BCUT2D eigenvalue weighted by Crippen LogP contribution is -2.45. The number of amides is 1. The maximum Gasteiger partial charge on any atom is 0.328 e. The normalized spacial score (nSPS) is 11.8. The van der Waals surface area contributed by atoms with Gasteiger partial charge in [0.2, 0.25) is 11.2 Å². The third-order valence-electron chi connectivity index (χ3n) is 2.65. The highest BCUT2D eigenvalue weighted by molar-refractivity contribution is 5.94. The van der Waals surface area contributed by atoms with Gasteiger partial charge in [-0.05, 0) is 5.92 Å². The minimum Gasteiger partial charge on any atom is -0.490 e. The molecule has 0 fully saturated rings. The molecule has 20 heavy (non-hydrogen) atoms. The van der Waals surface area contributed by atoms with E-state index in [0.29, 0.717) is 0 Å². The number of nitrogens with one attached hydrogen (secondary N) is 1. The van der Waals surface area contributed by atoms with Gasteiger partial charge < -0.3 is 19.2 Å². The van der Waals surface area contributed by atoms with Crippen molar-refractivity contribution in [3.05, 3.63) is 28.3 Å². The lowest BCUT2D eigenvalue weighted by Gasteiger charge is -2.19. The summed E-state index contributed by atoms with van der Waals surface area (Å²) in [7, 11) is 2.55. The first-order valence-electron chi connectivity index (χ1n) is 5.96. The predicted molar refractivity (Wildman–Crippen MR) is 69.6 cm³/mol. The zero-order chi connectivity index (χ0) is 15.3. The van der Waals surface area contributed by atoms with Crippen molar-refractivity contribution in [1.82, 2.24) is 5.32 Å². The molecule has 7 heteroatoms. The molecule has 0 aromatic carbocycles. The molecule has 1 unspecified atom stereocenters. The zero-order valence-corrected chi connectivity index (χ0v) is 11.8. The fourth-order valence-electron chi connectivity index (χ4n) is 1.50. The fraction of sp³-hybridized carbons (Fsp3) is 0.462. The van der Waals surface area contributed by atoms with Gasteiger partial charge in [-0.2, -0.15) is 0 Å². The molecule has 1 aromatic heterocycles. The number of methoxy groups -OCH3 is 2. The Morgan fingerprint density at radius 3 is 2.40 bits per heavy atom. The van der Waals surface area contributed by atoms with E-state index in [4.69, 9.17) is 9.15 Å². The van der Waals surface area contributed by atoms with E-state index >= 15 is 0 Å². The number of hydrogen-bond donors (Lipinski definition) is 1. The Kier molecular flexibility index (Phi) is 5.31. The second-order valence-corrected chi connectivity index (χ2v) is 4.40. The van der Waals surface area contributed by atoms with E-state index in [1.165, 1.54) is 14.2 Å². The van der Waals surface area contributed by atoms with E-state index in [1.54, 1.807) is 13.8 Å². The highest BCUT2D eigenvalue weighted by atomic mass is 16.5. The summed E-state index contributed by atoms with van der Waals surface area (Å²) in [6.07, 6.45) is 1.04. The van der Waals surface area contributed by atoms with E-state index in [-0.39, 0.29) is 17.4 Å². The van der Waals surface area contributed by atoms with Crippen LogP contribution in [-0.2, 0) is 9.53 Å². The van der Waals surface area contributed by atoms with Crippen molar-refractivity contribution in [2.45, 2.75) is 19.9 Å². The SMILES string of the molecule is COC(=O)C(NC(=O)c1cc(=O)c(OC)co1)C(C)C. The number of hydrogen-bond acceptors (Lipinski definition) is 6. The Balaban J connectivity index is 2.92. The van der Waals surface area contributed by atoms with Crippen molar-refractivity contribution in [1.29, 1.82) is 0 Å². The van der Waals surface area contributed by atoms with Crippen LogP contribution < -0.4 is 15.5 Å². The minimum absolute atomic E-state index is 0.00470. The summed E-state index contributed by atoms with van der Waals surface area (Å²) >= 11 is 0. The van der Waals surface area contributed by atoms with Crippen molar-refractivity contribution in [3.8, 4) is 5.75 Å². The lowest BCUT2D eigenvalue weighted by molar-refractivity contribution is -0.144. The molecule has 110 valence electrons. The molecule has 0 saturated heterocycles. The summed E-state index contributed by atoms with van der Waals surface area (Å²) in [4.78, 5) is 35.0. The van der Waals surface area contributed by atoms with Crippen LogP contribution in [0.2, 0.25) is 0 Å². The molecule has 0 bridgehead atoms. The van der Waals surface area contributed by atoms with Gasteiger partial charge in [-0.3, -0.25) is 9.59 Å². The molecule has 0 aliphatic heterocycles. The van der Waals surface area contributed by atoms with Gasteiger partial charge >= 0.3 is 5.97 Å². The molecule has 1 rings (SSSR count). The lowest BCUT2D eigenvalue weighted by atomic mass is 10.0. The average molecular weight is 283 g/mol. The topological polar surface area (TPSA) is 94.8 Å². The van der Waals surface area contributed by atoms with Gasteiger partial charge in [-0.15, -0.1) is 0 Å². The first kappa shape index (κ1) is 15.7. The van der Waals surface area contributed by atoms with Gasteiger partial charge in [0.1, 0.15) is 12.3 Å². The van der Waals surface area contributed by atoms with Crippen molar-refractivity contribution >= 4 is 11.9 Å². The molecule has 1 N–H and O–H groups in total. The second kappa shape index (κ2) is 6.74. The Bertz CT molecular complexity index is 548. The van der Waals surface area contributed by atoms with Crippen LogP contribution in [0.25, 0.3) is 0 Å². The smallest absolute Gasteiger partial charge is 0.328 e. The Morgan fingerprint density at radius 1 is 1.30 bits per heavy atom. The summed E-state index contributed by atoms with van der Waals surface area (Å²) in [5, 5.41) is 2.46. The van der Waals surface area contributed by atoms with Crippen LogP contribution >= 0.6 is 0 Å². The minimum atomic E-state index is -0.820. The second-order valence-electron chi connectivity index (χ2n) is 4.40. The van der Waals surface area contributed by atoms with Crippen molar-refractivity contribution in [3.63, 3.8) is 0 Å². The van der Waals surface area contributed by atoms with E-state index in [1.807, 2.05) is 0 Å². The maximum absolute atomic E-state index is 11.9. The summed E-state index contributed by atoms with van der Waals surface area (Å²) in [5.74, 6) is -1.62. The average Bonchev–Trinajstić information content (AvgIpc) is 2.43. The molecule has 0 aliphatic rings. The molecular formula is C13H17NO6. The van der Waals surface area contributed by atoms with Crippen LogP contribution in [-0.4, -0.2) is 32.1 Å². The van der Waals surface area contributed by atoms with Crippen molar-refractivity contribution in [2.24, 2.45) is 5.92 Å². The van der Waals surface area contributed by atoms with Crippen LogP contribution in [0.3, 0.4) is 0 Å². The number of esters is 1. The third kappa shape index (κ3) is 3.59. The van der Waals surface area contributed by atoms with Crippen LogP contribution in [0, 0.1) is 5.92 Å². The van der Waals surface area contributed by atoms with Gasteiger partial charge in [-0.25, -0.2) is 4.79 Å². The van der Waals surface area contributed by atoms with Crippen molar-refractivity contribution in [2.75, 3.05) is 14.2 Å².